The molecule has 0 heterocycles. The minimum Gasteiger partial charge on any atom is -0.360 e. The summed E-state index contributed by atoms with van der Waals surface area (Å²) in [5, 5.41) is 13.0. The minimum atomic E-state index is 0.513. The summed E-state index contributed by atoms with van der Waals surface area (Å²) in [5.74, 6) is 0. The fourth-order valence-corrected chi connectivity index (χ4v) is 2.52. The zero-order valence-electron chi connectivity index (χ0n) is 10.5. The highest BCUT2D eigenvalue weighted by Gasteiger charge is 2.17. The van der Waals surface area contributed by atoms with Crippen LogP contribution >= 0.6 is 12.2 Å². The van der Waals surface area contributed by atoms with Crippen LogP contribution in [0.15, 0.2) is 24.3 Å². The third-order valence-corrected chi connectivity index (χ3v) is 3.74. The monoisotopic (exact) mass is 259 g/mol. The van der Waals surface area contributed by atoms with Crippen LogP contribution in [0, 0.1) is 11.3 Å². The van der Waals surface area contributed by atoms with E-state index in [1.165, 1.54) is 25.7 Å². The van der Waals surface area contributed by atoms with Gasteiger partial charge in [-0.25, -0.2) is 0 Å². The topological polar surface area (TPSA) is 39.1 Å². The summed E-state index contributed by atoms with van der Waals surface area (Å²) in [6.07, 6.45) is 4.97. The Balaban J connectivity index is 2.03. The molecule has 0 spiro atoms. The van der Waals surface area contributed by atoms with Crippen molar-refractivity contribution in [3.8, 4) is 6.07 Å². The van der Waals surface area contributed by atoms with Crippen LogP contribution in [0.4, 0.5) is 5.69 Å². The van der Waals surface area contributed by atoms with E-state index in [9.17, 15) is 0 Å². The predicted octanol–water partition coefficient (Wildman–Crippen LogP) is 2.81. The first-order valence-corrected chi connectivity index (χ1v) is 6.66. The molecule has 0 aliphatic heterocycles. The number of nitrogens with zero attached hydrogens (tertiary/aromatic N) is 2. The van der Waals surface area contributed by atoms with Crippen LogP contribution < -0.4 is 10.2 Å². The fraction of sp³-hybridized carbons (Fsp3) is 0.429. The number of rotatable bonds is 2. The molecular formula is C14H17N3S. The number of benzene rings is 1. The van der Waals surface area contributed by atoms with E-state index in [0.29, 0.717) is 11.6 Å². The number of anilines is 1. The molecule has 18 heavy (non-hydrogen) atoms. The summed E-state index contributed by atoms with van der Waals surface area (Å²) in [6, 6.07) is 10.1. The van der Waals surface area contributed by atoms with Crippen molar-refractivity contribution < 1.29 is 0 Å². The van der Waals surface area contributed by atoms with Crippen LogP contribution in [0.2, 0.25) is 0 Å². The van der Waals surface area contributed by atoms with Crippen molar-refractivity contribution in [2.75, 3.05) is 11.9 Å². The van der Waals surface area contributed by atoms with Crippen molar-refractivity contribution in [2.24, 2.45) is 0 Å². The molecule has 1 N–H and O–H groups in total. The molecule has 1 aliphatic rings. The summed E-state index contributed by atoms with van der Waals surface area (Å²) >= 11 is 5.41. The van der Waals surface area contributed by atoms with Gasteiger partial charge in [0.2, 0.25) is 0 Å². The molecule has 0 amide bonds. The Morgan fingerprint density at radius 2 is 2.17 bits per heavy atom. The van der Waals surface area contributed by atoms with E-state index in [1.54, 1.807) is 6.07 Å². The molecule has 1 saturated carbocycles. The Hall–Kier alpha value is -1.60. The molecule has 1 fully saturated rings. The van der Waals surface area contributed by atoms with Gasteiger partial charge >= 0.3 is 0 Å². The second-order valence-electron chi connectivity index (χ2n) is 4.65. The first-order valence-electron chi connectivity index (χ1n) is 6.25. The van der Waals surface area contributed by atoms with Crippen molar-refractivity contribution in [3.63, 3.8) is 0 Å². The van der Waals surface area contributed by atoms with Gasteiger partial charge in [0.1, 0.15) is 0 Å². The smallest absolute Gasteiger partial charge is 0.173 e. The van der Waals surface area contributed by atoms with Gasteiger partial charge in [0.25, 0.3) is 0 Å². The van der Waals surface area contributed by atoms with Gasteiger partial charge in [-0.05, 0) is 43.3 Å². The maximum absolute atomic E-state index is 8.90. The number of hydrogen-bond donors (Lipinski definition) is 1. The highest BCUT2D eigenvalue weighted by molar-refractivity contribution is 7.80. The van der Waals surface area contributed by atoms with Gasteiger partial charge in [-0.15, -0.1) is 0 Å². The van der Waals surface area contributed by atoms with Gasteiger partial charge < -0.3 is 10.2 Å². The summed E-state index contributed by atoms with van der Waals surface area (Å²) < 4.78 is 0. The zero-order valence-corrected chi connectivity index (χ0v) is 11.3. The lowest BCUT2D eigenvalue weighted by atomic mass is 10.2. The van der Waals surface area contributed by atoms with E-state index >= 15 is 0 Å². The van der Waals surface area contributed by atoms with Crippen LogP contribution in [0.1, 0.15) is 31.2 Å². The summed E-state index contributed by atoms with van der Waals surface area (Å²) in [5.41, 5.74) is 1.60. The maximum atomic E-state index is 8.90. The Kier molecular flexibility index (Phi) is 4.16. The Labute approximate surface area is 113 Å². The van der Waals surface area contributed by atoms with E-state index in [-0.39, 0.29) is 0 Å². The van der Waals surface area contributed by atoms with Crippen LogP contribution in [-0.4, -0.2) is 18.2 Å². The third kappa shape index (κ3) is 2.99. The second-order valence-corrected chi connectivity index (χ2v) is 5.04. The Morgan fingerprint density at radius 1 is 1.44 bits per heavy atom. The van der Waals surface area contributed by atoms with E-state index in [2.05, 4.69) is 11.4 Å². The van der Waals surface area contributed by atoms with E-state index in [4.69, 9.17) is 17.5 Å². The number of thiocarbonyl (C=S) groups is 1. The number of nitriles is 1. The van der Waals surface area contributed by atoms with Gasteiger partial charge in [-0.3, -0.25) is 0 Å². The molecule has 0 saturated heterocycles. The number of hydrogen-bond acceptors (Lipinski definition) is 2. The first-order chi connectivity index (χ1) is 8.70. The standard InChI is InChI=1S/C14H17N3S/c1-17(13-8-4-5-11(9-13)10-15)14(18)16-12-6-2-3-7-12/h4-5,8-9,12H,2-3,6-7H2,1H3,(H,16,18). The molecule has 0 bridgehead atoms. The average molecular weight is 259 g/mol. The molecule has 2 rings (SSSR count). The molecule has 1 aliphatic carbocycles. The van der Waals surface area contributed by atoms with E-state index in [1.807, 2.05) is 30.1 Å². The number of nitrogens with one attached hydrogen (secondary N) is 1. The quantitative estimate of drug-likeness (QED) is 0.829. The van der Waals surface area contributed by atoms with Crippen molar-refractivity contribution in [2.45, 2.75) is 31.7 Å². The molecule has 94 valence electrons. The highest BCUT2D eigenvalue weighted by atomic mass is 32.1. The summed E-state index contributed by atoms with van der Waals surface area (Å²) in [4.78, 5) is 1.93. The summed E-state index contributed by atoms with van der Waals surface area (Å²) in [6.45, 7) is 0. The molecule has 0 radical (unpaired) electrons. The van der Waals surface area contributed by atoms with Gasteiger partial charge in [-0.1, -0.05) is 18.9 Å². The molecule has 0 unspecified atom stereocenters. The van der Waals surface area contributed by atoms with Crippen molar-refractivity contribution in [1.29, 1.82) is 5.26 Å². The zero-order chi connectivity index (χ0) is 13.0. The van der Waals surface area contributed by atoms with Crippen LogP contribution in [0.3, 0.4) is 0 Å². The first kappa shape index (κ1) is 12.8. The van der Waals surface area contributed by atoms with Crippen molar-refractivity contribution in [1.82, 2.24) is 5.32 Å². The van der Waals surface area contributed by atoms with E-state index in [0.717, 1.165) is 10.8 Å². The molecule has 3 nitrogen and oxygen atoms in total. The van der Waals surface area contributed by atoms with Crippen molar-refractivity contribution in [3.05, 3.63) is 29.8 Å². The molecule has 0 atom stereocenters. The summed E-state index contributed by atoms with van der Waals surface area (Å²) in [7, 11) is 1.93. The van der Waals surface area contributed by atoms with Crippen LogP contribution in [0.25, 0.3) is 0 Å². The molecule has 4 heteroatoms. The van der Waals surface area contributed by atoms with Crippen molar-refractivity contribution >= 4 is 23.0 Å². The molecular weight excluding hydrogens is 242 g/mol. The lowest BCUT2D eigenvalue weighted by molar-refractivity contribution is 0.630. The van der Waals surface area contributed by atoms with Gasteiger partial charge in [0.05, 0.1) is 11.6 Å². The highest BCUT2D eigenvalue weighted by Crippen LogP contribution is 2.19. The normalized spacial score (nSPS) is 15.1. The molecule has 1 aromatic rings. The average Bonchev–Trinajstić information content (AvgIpc) is 2.90. The van der Waals surface area contributed by atoms with Crippen LogP contribution in [0.5, 0.6) is 0 Å². The van der Waals surface area contributed by atoms with Gasteiger partial charge in [0, 0.05) is 18.8 Å². The molecule has 0 aromatic heterocycles. The van der Waals surface area contributed by atoms with Gasteiger partial charge in [-0.2, -0.15) is 5.26 Å². The van der Waals surface area contributed by atoms with Gasteiger partial charge in [0.15, 0.2) is 5.11 Å². The van der Waals surface area contributed by atoms with Crippen LogP contribution in [-0.2, 0) is 0 Å². The SMILES string of the molecule is CN(C(=S)NC1CCCC1)c1cccc(C#N)c1. The Bertz CT molecular complexity index is 472. The lowest BCUT2D eigenvalue weighted by Gasteiger charge is -2.24. The maximum Gasteiger partial charge on any atom is 0.173 e. The van der Waals surface area contributed by atoms with E-state index < -0.39 is 0 Å². The lowest BCUT2D eigenvalue weighted by Crippen LogP contribution is -2.41. The largest absolute Gasteiger partial charge is 0.360 e. The molecule has 1 aromatic carbocycles. The Morgan fingerprint density at radius 3 is 2.83 bits per heavy atom. The third-order valence-electron chi connectivity index (χ3n) is 3.35. The second kappa shape index (κ2) is 5.83. The predicted molar refractivity (Wildman–Crippen MR) is 77.5 cm³/mol. The minimum absolute atomic E-state index is 0.513. The fourth-order valence-electron chi connectivity index (χ4n) is 2.24.